The zero-order chi connectivity index (χ0) is 20.1. The Bertz CT molecular complexity index is 756. The molecule has 2 aromatic rings. The fourth-order valence-electron chi connectivity index (χ4n) is 4.65. The monoisotopic (exact) mass is 381 g/mol. The molecule has 2 nitrogen and oxygen atoms in total. The zero-order valence-corrected chi connectivity index (χ0v) is 17.2. The van der Waals surface area contributed by atoms with E-state index >= 15 is 0 Å². The average Bonchev–Trinajstić information content (AvgIpc) is 2.69. The van der Waals surface area contributed by atoms with Crippen LogP contribution in [0, 0.1) is 29.5 Å². The van der Waals surface area contributed by atoms with Crippen molar-refractivity contribution in [2.24, 2.45) is 23.7 Å². The molecule has 2 aromatic carbocycles. The normalized spacial score (nSPS) is 23.4. The van der Waals surface area contributed by atoms with Crippen molar-refractivity contribution in [2.45, 2.75) is 46.0 Å². The van der Waals surface area contributed by atoms with Gasteiger partial charge in [-0.3, -0.25) is 4.79 Å². The number of hydrogen-bond acceptors (Lipinski definition) is 1. The maximum atomic E-state index is 13.4. The molecule has 1 amide bonds. The fraction of sp³-hybridized carbons (Fsp3) is 0.480. The zero-order valence-electron chi connectivity index (χ0n) is 17.2. The molecule has 3 rings (SSSR count). The van der Waals surface area contributed by atoms with E-state index < -0.39 is 0 Å². The highest BCUT2D eigenvalue weighted by Gasteiger charge is 2.35. The molecule has 1 aliphatic carbocycles. The second-order valence-corrected chi connectivity index (χ2v) is 8.69. The van der Waals surface area contributed by atoms with E-state index in [1.54, 1.807) is 0 Å². The molecule has 4 atom stereocenters. The minimum absolute atomic E-state index is 0.0178. The Hall–Kier alpha value is -2.16. The van der Waals surface area contributed by atoms with Gasteiger partial charge in [0.15, 0.2) is 0 Å². The highest BCUT2D eigenvalue weighted by molar-refractivity contribution is 5.79. The van der Waals surface area contributed by atoms with Crippen LogP contribution in [0.1, 0.15) is 57.1 Å². The standard InChI is InChI=1S/C25H32FNO/c1-17(2)22-14-9-18(3)15-23(22)25(28)27-16-24(19-7-5-4-6-8-19)20-10-12-21(26)13-11-20/h4-8,10-13,17-18,22-24H,9,14-16H2,1-3H3,(H,27,28)/t18-,22+,23-,24?/m1/s1. The van der Waals surface area contributed by atoms with E-state index in [4.69, 9.17) is 0 Å². The second-order valence-electron chi connectivity index (χ2n) is 8.69. The van der Waals surface area contributed by atoms with Crippen molar-refractivity contribution in [1.82, 2.24) is 5.32 Å². The summed E-state index contributed by atoms with van der Waals surface area (Å²) in [5.41, 5.74) is 2.15. The maximum absolute atomic E-state index is 13.4. The van der Waals surface area contributed by atoms with Crippen LogP contribution in [0.2, 0.25) is 0 Å². The van der Waals surface area contributed by atoms with E-state index in [0.29, 0.717) is 24.3 Å². The van der Waals surface area contributed by atoms with Gasteiger partial charge in [-0.2, -0.15) is 0 Å². The lowest BCUT2D eigenvalue weighted by Crippen LogP contribution is -2.41. The Balaban J connectivity index is 1.75. The molecule has 0 spiro atoms. The molecule has 1 N–H and O–H groups in total. The second kappa shape index (κ2) is 9.36. The summed E-state index contributed by atoms with van der Waals surface area (Å²) >= 11 is 0. The van der Waals surface area contributed by atoms with Crippen molar-refractivity contribution in [1.29, 1.82) is 0 Å². The maximum Gasteiger partial charge on any atom is 0.223 e. The third-order valence-corrected chi connectivity index (χ3v) is 6.31. The van der Waals surface area contributed by atoms with Gasteiger partial charge in [-0.25, -0.2) is 4.39 Å². The van der Waals surface area contributed by atoms with E-state index in [2.05, 4.69) is 38.2 Å². The van der Waals surface area contributed by atoms with Crippen LogP contribution >= 0.6 is 0 Å². The van der Waals surface area contributed by atoms with Crippen molar-refractivity contribution >= 4 is 5.91 Å². The van der Waals surface area contributed by atoms with Crippen LogP contribution in [0.15, 0.2) is 54.6 Å². The summed E-state index contributed by atoms with van der Waals surface area (Å²) in [5.74, 6) is 1.62. The van der Waals surface area contributed by atoms with Crippen LogP contribution in [-0.4, -0.2) is 12.5 Å². The molecule has 0 radical (unpaired) electrons. The molecule has 3 heteroatoms. The Labute approximate surface area is 168 Å². The molecule has 1 fully saturated rings. The lowest BCUT2D eigenvalue weighted by molar-refractivity contribution is -0.129. The third-order valence-electron chi connectivity index (χ3n) is 6.31. The number of carbonyl (C=O) groups is 1. The summed E-state index contributed by atoms with van der Waals surface area (Å²) in [5, 5.41) is 3.24. The van der Waals surface area contributed by atoms with Crippen LogP contribution in [0.4, 0.5) is 4.39 Å². The van der Waals surface area contributed by atoms with Gasteiger partial charge in [-0.15, -0.1) is 0 Å². The number of nitrogens with one attached hydrogen (secondary N) is 1. The first-order valence-electron chi connectivity index (χ1n) is 10.5. The summed E-state index contributed by atoms with van der Waals surface area (Å²) in [6.45, 7) is 7.24. The van der Waals surface area contributed by atoms with Crippen molar-refractivity contribution < 1.29 is 9.18 Å². The number of amides is 1. The largest absolute Gasteiger partial charge is 0.355 e. The number of carbonyl (C=O) groups excluding carboxylic acids is 1. The SMILES string of the molecule is CC(C)[C@@H]1CC[C@@H](C)C[C@H]1C(=O)NCC(c1ccccc1)c1ccc(F)cc1. The van der Waals surface area contributed by atoms with E-state index in [1.165, 1.54) is 18.6 Å². The van der Waals surface area contributed by atoms with E-state index in [1.807, 2.05) is 30.3 Å². The van der Waals surface area contributed by atoms with Gasteiger partial charge in [0.25, 0.3) is 0 Å². The van der Waals surface area contributed by atoms with Crippen molar-refractivity contribution in [3.8, 4) is 0 Å². The van der Waals surface area contributed by atoms with Gasteiger partial charge in [0.2, 0.25) is 5.91 Å². The first-order chi connectivity index (χ1) is 13.5. The minimum Gasteiger partial charge on any atom is -0.355 e. The Kier molecular flexibility index (Phi) is 6.88. The van der Waals surface area contributed by atoms with Gasteiger partial charge in [0.1, 0.15) is 5.82 Å². The van der Waals surface area contributed by atoms with Crippen molar-refractivity contribution in [3.05, 3.63) is 71.5 Å². The van der Waals surface area contributed by atoms with Crippen LogP contribution < -0.4 is 5.32 Å². The van der Waals surface area contributed by atoms with Gasteiger partial charge >= 0.3 is 0 Å². The molecular formula is C25H32FNO. The van der Waals surface area contributed by atoms with Gasteiger partial charge in [-0.1, -0.05) is 69.7 Å². The van der Waals surface area contributed by atoms with Crippen LogP contribution in [0.3, 0.4) is 0 Å². The highest BCUT2D eigenvalue weighted by atomic mass is 19.1. The Morgan fingerprint density at radius 1 is 1.04 bits per heavy atom. The molecule has 150 valence electrons. The predicted octanol–water partition coefficient (Wildman–Crippen LogP) is 5.78. The predicted molar refractivity (Wildman–Crippen MR) is 113 cm³/mol. The molecule has 1 saturated carbocycles. The van der Waals surface area contributed by atoms with Gasteiger partial charge in [0, 0.05) is 18.4 Å². The van der Waals surface area contributed by atoms with Crippen LogP contribution in [-0.2, 0) is 4.79 Å². The molecule has 0 saturated heterocycles. The minimum atomic E-state index is -0.240. The highest BCUT2D eigenvalue weighted by Crippen LogP contribution is 2.38. The van der Waals surface area contributed by atoms with Crippen LogP contribution in [0.5, 0.6) is 0 Å². The van der Waals surface area contributed by atoms with E-state index in [9.17, 15) is 9.18 Å². The Morgan fingerprint density at radius 3 is 2.32 bits per heavy atom. The smallest absolute Gasteiger partial charge is 0.223 e. The average molecular weight is 382 g/mol. The molecule has 0 aromatic heterocycles. The van der Waals surface area contributed by atoms with Crippen LogP contribution in [0.25, 0.3) is 0 Å². The molecule has 28 heavy (non-hydrogen) atoms. The lowest BCUT2D eigenvalue weighted by atomic mass is 9.69. The number of benzene rings is 2. The van der Waals surface area contributed by atoms with Gasteiger partial charge in [0.05, 0.1) is 0 Å². The first-order valence-corrected chi connectivity index (χ1v) is 10.5. The van der Waals surface area contributed by atoms with Gasteiger partial charge in [-0.05, 0) is 53.9 Å². The third kappa shape index (κ3) is 5.01. The molecular weight excluding hydrogens is 349 g/mol. The quantitative estimate of drug-likeness (QED) is 0.675. The van der Waals surface area contributed by atoms with Crippen molar-refractivity contribution in [3.63, 3.8) is 0 Å². The fourth-order valence-corrected chi connectivity index (χ4v) is 4.65. The first kappa shape index (κ1) is 20.6. The topological polar surface area (TPSA) is 29.1 Å². The lowest BCUT2D eigenvalue weighted by Gasteiger charge is -2.36. The molecule has 0 heterocycles. The summed E-state index contributed by atoms with van der Waals surface area (Å²) in [4.78, 5) is 13.1. The number of rotatable bonds is 6. The van der Waals surface area contributed by atoms with Gasteiger partial charge < -0.3 is 5.32 Å². The molecule has 1 unspecified atom stereocenters. The summed E-state index contributed by atoms with van der Waals surface area (Å²) < 4.78 is 13.4. The molecule has 0 bridgehead atoms. The Morgan fingerprint density at radius 2 is 1.68 bits per heavy atom. The summed E-state index contributed by atoms with van der Waals surface area (Å²) in [7, 11) is 0. The summed E-state index contributed by atoms with van der Waals surface area (Å²) in [6.07, 6.45) is 3.33. The molecule has 1 aliphatic rings. The van der Waals surface area contributed by atoms with Crippen molar-refractivity contribution in [2.75, 3.05) is 6.54 Å². The number of hydrogen-bond donors (Lipinski definition) is 1. The molecule has 0 aliphatic heterocycles. The van der Waals surface area contributed by atoms with E-state index in [0.717, 1.165) is 24.0 Å². The van der Waals surface area contributed by atoms with E-state index in [-0.39, 0.29) is 23.6 Å². The summed E-state index contributed by atoms with van der Waals surface area (Å²) in [6, 6.07) is 16.8. The number of halogens is 1.